The van der Waals surface area contributed by atoms with E-state index in [9.17, 15) is 9.59 Å². The van der Waals surface area contributed by atoms with Crippen LogP contribution in [-0.2, 0) is 6.42 Å². The van der Waals surface area contributed by atoms with Crippen molar-refractivity contribution in [3.63, 3.8) is 0 Å². The van der Waals surface area contributed by atoms with Gasteiger partial charge < -0.3 is 15.5 Å². The molecule has 3 aromatic rings. The van der Waals surface area contributed by atoms with Crippen LogP contribution >= 0.6 is 0 Å². The lowest BCUT2D eigenvalue weighted by Gasteiger charge is -2.18. The number of anilines is 3. The van der Waals surface area contributed by atoms with Crippen molar-refractivity contribution in [2.45, 2.75) is 12.8 Å². The molecule has 1 heterocycles. The summed E-state index contributed by atoms with van der Waals surface area (Å²) in [6.07, 6.45) is 1.83. The Morgan fingerprint density at radius 1 is 0.862 bits per heavy atom. The van der Waals surface area contributed by atoms with Crippen molar-refractivity contribution in [1.29, 1.82) is 0 Å². The minimum atomic E-state index is -0.187. The minimum Gasteiger partial charge on any atom is -0.353 e. The third-order valence-electron chi connectivity index (χ3n) is 5.10. The average Bonchev–Trinajstić information content (AvgIpc) is 2.89. The Balaban J connectivity index is 1.45. The molecule has 0 unspecified atom stereocenters. The number of amides is 2. The van der Waals surface area contributed by atoms with E-state index in [2.05, 4.69) is 22.8 Å². The van der Waals surface area contributed by atoms with Gasteiger partial charge in [0.05, 0.1) is 22.6 Å². The van der Waals surface area contributed by atoms with E-state index in [-0.39, 0.29) is 11.8 Å². The smallest absolute Gasteiger partial charge is 0.257 e. The lowest BCUT2D eigenvalue weighted by molar-refractivity contribution is 0.0793. The summed E-state index contributed by atoms with van der Waals surface area (Å²) in [5, 5.41) is 6.18. The average molecular weight is 385 g/mol. The number of nitrogens with one attached hydrogen (secondary N) is 2. The zero-order valence-electron chi connectivity index (χ0n) is 16.3. The Hall–Kier alpha value is -3.60. The van der Waals surface area contributed by atoms with Crippen LogP contribution in [0.4, 0.5) is 17.1 Å². The van der Waals surface area contributed by atoms with Crippen molar-refractivity contribution in [1.82, 2.24) is 4.90 Å². The number of aryl methyl sites for hydroxylation is 1. The van der Waals surface area contributed by atoms with Gasteiger partial charge in [0.1, 0.15) is 0 Å². The molecular formula is C24H23N3O2. The van der Waals surface area contributed by atoms with Gasteiger partial charge >= 0.3 is 0 Å². The van der Waals surface area contributed by atoms with Gasteiger partial charge in [0.2, 0.25) is 0 Å². The highest BCUT2D eigenvalue weighted by molar-refractivity contribution is 6.12. The summed E-state index contributed by atoms with van der Waals surface area (Å²) >= 11 is 0. The topological polar surface area (TPSA) is 61.4 Å². The molecule has 146 valence electrons. The number of rotatable bonds is 5. The van der Waals surface area contributed by atoms with Crippen LogP contribution < -0.4 is 10.6 Å². The van der Waals surface area contributed by atoms with Gasteiger partial charge in [0.25, 0.3) is 11.8 Å². The Kier molecular flexibility index (Phi) is 5.29. The molecule has 0 aromatic heterocycles. The van der Waals surface area contributed by atoms with Crippen LogP contribution in [0.15, 0.2) is 72.8 Å². The van der Waals surface area contributed by atoms with E-state index in [0.29, 0.717) is 23.4 Å². The largest absolute Gasteiger partial charge is 0.353 e. The molecule has 0 saturated carbocycles. The molecule has 5 heteroatoms. The van der Waals surface area contributed by atoms with Crippen LogP contribution in [0.1, 0.15) is 32.7 Å². The quantitative estimate of drug-likeness (QED) is 0.669. The Morgan fingerprint density at radius 3 is 2.45 bits per heavy atom. The molecule has 29 heavy (non-hydrogen) atoms. The first-order valence-corrected chi connectivity index (χ1v) is 9.72. The van der Waals surface area contributed by atoms with Crippen molar-refractivity contribution in [3.8, 4) is 0 Å². The van der Waals surface area contributed by atoms with E-state index in [4.69, 9.17) is 0 Å². The molecular weight excluding hydrogens is 362 g/mol. The molecule has 0 bridgehead atoms. The monoisotopic (exact) mass is 385 g/mol. The number of nitrogens with zero attached hydrogens (tertiary/aromatic N) is 1. The van der Waals surface area contributed by atoms with Gasteiger partial charge in [0.15, 0.2) is 0 Å². The van der Waals surface area contributed by atoms with Crippen molar-refractivity contribution in [3.05, 3.63) is 89.5 Å². The fourth-order valence-corrected chi connectivity index (χ4v) is 3.50. The molecule has 2 N–H and O–H groups in total. The maximum Gasteiger partial charge on any atom is 0.257 e. The summed E-state index contributed by atoms with van der Waals surface area (Å²) in [5.41, 5.74) is 4.53. The zero-order valence-corrected chi connectivity index (χ0v) is 16.3. The summed E-state index contributed by atoms with van der Waals surface area (Å²) in [4.78, 5) is 27.1. The molecule has 2 amide bonds. The first-order valence-electron chi connectivity index (χ1n) is 9.72. The number of benzene rings is 3. The van der Waals surface area contributed by atoms with E-state index >= 15 is 0 Å². The second-order valence-corrected chi connectivity index (χ2v) is 7.20. The molecule has 3 aromatic carbocycles. The fourth-order valence-electron chi connectivity index (χ4n) is 3.50. The highest BCUT2D eigenvalue weighted by Gasteiger charge is 2.20. The molecule has 5 nitrogen and oxygen atoms in total. The number of hydrogen-bond donors (Lipinski definition) is 2. The zero-order chi connectivity index (χ0) is 20.2. The standard InChI is InChI=1S/C24H23N3O2/c1-27(15-7-10-17-8-3-2-4-9-17)24(29)18-13-14-21-22(16-18)26-23(28)19-11-5-6-12-20(19)25-21/h2-6,8-9,11-14,16,25H,7,10,15H2,1H3,(H,26,28). The summed E-state index contributed by atoms with van der Waals surface area (Å²) in [6.45, 7) is 0.668. The SMILES string of the molecule is CN(CCCc1ccccc1)C(=O)c1ccc2c(c1)NC(=O)c1ccccc1N2. The Morgan fingerprint density at radius 2 is 1.62 bits per heavy atom. The molecule has 1 aliphatic heterocycles. The van der Waals surface area contributed by atoms with Crippen molar-refractivity contribution < 1.29 is 9.59 Å². The first kappa shape index (κ1) is 18.7. The molecule has 0 aliphatic carbocycles. The highest BCUT2D eigenvalue weighted by atomic mass is 16.2. The van der Waals surface area contributed by atoms with Crippen molar-refractivity contribution in [2.24, 2.45) is 0 Å². The van der Waals surface area contributed by atoms with Gasteiger partial charge in [-0.3, -0.25) is 9.59 Å². The lowest BCUT2D eigenvalue weighted by atomic mass is 10.1. The van der Waals surface area contributed by atoms with Crippen LogP contribution in [0, 0.1) is 0 Å². The number of carbonyl (C=O) groups is 2. The number of carbonyl (C=O) groups excluding carboxylic acids is 2. The number of hydrogen-bond acceptors (Lipinski definition) is 3. The maximum atomic E-state index is 12.9. The highest BCUT2D eigenvalue weighted by Crippen LogP contribution is 2.32. The van der Waals surface area contributed by atoms with Gasteiger partial charge in [-0.05, 0) is 48.7 Å². The third-order valence-corrected chi connectivity index (χ3v) is 5.10. The van der Waals surface area contributed by atoms with E-state index in [1.165, 1.54) is 5.56 Å². The van der Waals surface area contributed by atoms with Crippen LogP contribution in [0.2, 0.25) is 0 Å². The Labute approximate surface area is 170 Å². The van der Waals surface area contributed by atoms with E-state index < -0.39 is 0 Å². The Bertz CT molecular complexity index is 1050. The molecule has 0 spiro atoms. The summed E-state index contributed by atoms with van der Waals surface area (Å²) in [5.74, 6) is -0.246. The number of fused-ring (bicyclic) bond motifs is 2. The van der Waals surface area contributed by atoms with Crippen molar-refractivity contribution >= 4 is 28.9 Å². The predicted octanol–water partition coefficient (Wildman–Crippen LogP) is 4.70. The fraction of sp³-hybridized carbons (Fsp3) is 0.167. The van der Waals surface area contributed by atoms with Gasteiger partial charge in [-0.1, -0.05) is 42.5 Å². The summed E-state index contributed by atoms with van der Waals surface area (Å²) in [7, 11) is 1.81. The molecule has 0 saturated heterocycles. The molecule has 1 aliphatic rings. The summed E-state index contributed by atoms with van der Waals surface area (Å²) in [6, 6.07) is 23.0. The second-order valence-electron chi connectivity index (χ2n) is 7.20. The minimum absolute atomic E-state index is 0.0585. The van der Waals surface area contributed by atoms with Crippen LogP contribution in [0.25, 0.3) is 0 Å². The van der Waals surface area contributed by atoms with Crippen LogP contribution in [0.5, 0.6) is 0 Å². The second kappa shape index (κ2) is 8.19. The van der Waals surface area contributed by atoms with E-state index in [1.54, 1.807) is 23.1 Å². The van der Waals surface area contributed by atoms with Crippen LogP contribution in [-0.4, -0.2) is 30.3 Å². The predicted molar refractivity (Wildman–Crippen MR) is 116 cm³/mol. The van der Waals surface area contributed by atoms with Gasteiger partial charge in [-0.2, -0.15) is 0 Å². The van der Waals surface area contributed by atoms with Gasteiger partial charge in [-0.15, -0.1) is 0 Å². The van der Waals surface area contributed by atoms with Gasteiger partial charge in [-0.25, -0.2) is 0 Å². The summed E-state index contributed by atoms with van der Waals surface area (Å²) < 4.78 is 0. The van der Waals surface area contributed by atoms with Gasteiger partial charge in [0, 0.05) is 19.2 Å². The molecule has 0 atom stereocenters. The normalized spacial score (nSPS) is 12.1. The van der Waals surface area contributed by atoms with Crippen molar-refractivity contribution in [2.75, 3.05) is 24.2 Å². The van der Waals surface area contributed by atoms with E-state index in [1.807, 2.05) is 49.5 Å². The number of para-hydroxylation sites is 1. The lowest BCUT2D eigenvalue weighted by Crippen LogP contribution is -2.28. The first-order chi connectivity index (χ1) is 14.1. The molecule has 0 fully saturated rings. The third kappa shape index (κ3) is 4.14. The molecule has 4 rings (SSSR count). The van der Waals surface area contributed by atoms with E-state index in [0.717, 1.165) is 24.2 Å². The molecule has 0 radical (unpaired) electrons. The maximum absolute atomic E-state index is 12.9. The van der Waals surface area contributed by atoms with Crippen LogP contribution in [0.3, 0.4) is 0 Å².